The lowest BCUT2D eigenvalue weighted by molar-refractivity contribution is -0.150. The predicted molar refractivity (Wildman–Crippen MR) is 128 cm³/mol. The predicted octanol–water partition coefficient (Wildman–Crippen LogP) is -0.179. The molecular weight excluding hydrogens is 510 g/mol. The van der Waals surface area contributed by atoms with E-state index in [1.54, 1.807) is 12.1 Å². The third kappa shape index (κ3) is 4.94. The number of nitrogens with one attached hydrogen (secondary N) is 2. The first-order valence-electron chi connectivity index (χ1n) is 10.8. The molecule has 6 N–H and O–H groups in total. The fourth-order valence-corrected chi connectivity index (χ4v) is 6.70. The highest BCUT2D eigenvalue weighted by Crippen LogP contribution is 2.45. The Morgan fingerprint density at radius 1 is 1.31 bits per heavy atom. The first-order valence-corrected chi connectivity index (χ1v) is 12.8. The molecule has 1 aromatic carbocycles. The van der Waals surface area contributed by atoms with Gasteiger partial charge in [0.15, 0.2) is 0 Å². The second kappa shape index (κ2) is 10.7. The van der Waals surface area contributed by atoms with E-state index in [1.807, 2.05) is 12.1 Å². The number of aliphatic carboxylic acids is 2. The molecule has 36 heavy (non-hydrogen) atoms. The van der Waals surface area contributed by atoms with Crippen LogP contribution in [-0.2, 0) is 32.1 Å². The second-order valence-corrected chi connectivity index (χ2v) is 10.4. The molecule has 0 aliphatic carbocycles. The van der Waals surface area contributed by atoms with Crippen LogP contribution in [-0.4, -0.2) is 81.9 Å². The van der Waals surface area contributed by atoms with Crippen molar-refractivity contribution < 1.29 is 29.4 Å². The number of tetrazole rings is 1. The van der Waals surface area contributed by atoms with Gasteiger partial charge in [-0.2, -0.15) is 0 Å². The number of fused-ring (bicyclic) bond motifs is 1. The standard InChI is InChI=1S/C21H23N7O6S2/c1-9(19(31)32)16(36-21-24-26-27-25-21)12-8-35-18-14(17(30)28(18)15(12)20(33)34)23-13(29)6-10-4-2-3-5-11(10)7-22/h2-5,9,14,16,18H,6-8,22H2,1H3,(H,23,29)(H,31,32)(H,33,34)(H,24,25,26,27)/t9?,14?,16?,18-/m1/s1. The number of rotatable bonds is 10. The van der Waals surface area contributed by atoms with Gasteiger partial charge >= 0.3 is 11.9 Å². The van der Waals surface area contributed by atoms with E-state index >= 15 is 0 Å². The van der Waals surface area contributed by atoms with Crippen LogP contribution in [0.1, 0.15) is 18.1 Å². The van der Waals surface area contributed by atoms with E-state index < -0.39 is 40.4 Å². The average molecular weight is 534 g/mol. The monoisotopic (exact) mass is 533 g/mol. The maximum absolute atomic E-state index is 13.0. The van der Waals surface area contributed by atoms with Crippen molar-refractivity contribution in [1.29, 1.82) is 0 Å². The molecule has 4 atom stereocenters. The molecule has 2 aromatic rings. The van der Waals surface area contributed by atoms with E-state index in [4.69, 9.17) is 5.73 Å². The van der Waals surface area contributed by atoms with Crippen molar-refractivity contribution in [3.8, 4) is 0 Å². The zero-order chi connectivity index (χ0) is 26.0. The number of carboxylic acid groups (broad SMARTS) is 2. The summed E-state index contributed by atoms with van der Waals surface area (Å²) in [5, 5.41) is 34.3. The molecular formula is C21H23N7O6S2. The molecule has 0 radical (unpaired) electrons. The molecule has 4 rings (SSSR count). The lowest BCUT2D eigenvalue weighted by Crippen LogP contribution is -2.71. The fourth-order valence-electron chi connectivity index (χ4n) is 4.11. The van der Waals surface area contributed by atoms with Gasteiger partial charge in [-0.25, -0.2) is 9.89 Å². The molecule has 0 saturated carbocycles. The Kier molecular flexibility index (Phi) is 7.61. The number of carbonyl (C=O) groups excluding carboxylic acids is 2. The number of hydrogen-bond donors (Lipinski definition) is 5. The molecule has 2 amide bonds. The van der Waals surface area contributed by atoms with Crippen LogP contribution < -0.4 is 11.1 Å². The molecule has 3 unspecified atom stereocenters. The van der Waals surface area contributed by atoms with Crippen molar-refractivity contribution in [3.63, 3.8) is 0 Å². The Morgan fingerprint density at radius 3 is 2.64 bits per heavy atom. The number of thioether (sulfide) groups is 2. The summed E-state index contributed by atoms with van der Waals surface area (Å²) in [5.41, 5.74) is 7.29. The molecule has 3 heterocycles. The van der Waals surface area contributed by atoms with Crippen molar-refractivity contribution in [2.75, 3.05) is 5.75 Å². The van der Waals surface area contributed by atoms with Gasteiger partial charge < -0.3 is 21.3 Å². The van der Waals surface area contributed by atoms with E-state index in [2.05, 4.69) is 25.9 Å². The minimum Gasteiger partial charge on any atom is -0.481 e. The van der Waals surface area contributed by atoms with Crippen LogP contribution in [0.3, 0.4) is 0 Å². The van der Waals surface area contributed by atoms with Crippen LogP contribution in [0.5, 0.6) is 0 Å². The summed E-state index contributed by atoms with van der Waals surface area (Å²) in [4.78, 5) is 50.9. The smallest absolute Gasteiger partial charge is 0.352 e. The summed E-state index contributed by atoms with van der Waals surface area (Å²) in [7, 11) is 0. The molecule has 1 aromatic heterocycles. The number of aromatic amines is 1. The summed E-state index contributed by atoms with van der Waals surface area (Å²) >= 11 is 2.24. The molecule has 0 spiro atoms. The van der Waals surface area contributed by atoms with Crippen molar-refractivity contribution in [2.45, 2.75) is 41.7 Å². The van der Waals surface area contributed by atoms with Crippen LogP contribution in [0.2, 0.25) is 0 Å². The summed E-state index contributed by atoms with van der Waals surface area (Å²) in [6.45, 7) is 1.72. The van der Waals surface area contributed by atoms with E-state index in [1.165, 1.54) is 18.7 Å². The minimum atomic E-state index is -1.36. The average Bonchev–Trinajstić information content (AvgIpc) is 3.38. The van der Waals surface area contributed by atoms with Gasteiger partial charge in [0.1, 0.15) is 17.1 Å². The molecule has 1 saturated heterocycles. The van der Waals surface area contributed by atoms with E-state index in [0.29, 0.717) is 0 Å². The van der Waals surface area contributed by atoms with E-state index in [0.717, 1.165) is 27.8 Å². The number of nitrogens with two attached hydrogens (primary N) is 1. The summed E-state index contributed by atoms with van der Waals surface area (Å²) in [5.74, 6) is -4.31. The minimum absolute atomic E-state index is 0.0292. The van der Waals surface area contributed by atoms with Gasteiger partial charge in [0, 0.05) is 17.5 Å². The zero-order valence-electron chi connectivity index (χ0n) is 19.0. The van der Waals surface area contributed by atoms with Gasteiger partial charge in [0.05, 0.1) is 12.3 Å². The second-order valence-electron chi connectivity index (χ2n) is 8.16. The van der Waals surface area contributed by atoms with Gasteiger partial charge in [0.2, 0.25) is 11.1 Å². The van der Waals surface area contributed by atoms with Gasteiger partial charge in [-0.3, -0.25) is 19.3 Å². The summed E-state index contributed by atoms with van der Waals surface area (Å²) in [6, 6.07) is 6.33. The Morgan fingerprint density at radius 2 is 2.03 bits per heavy atom. The number of carbonyl (C=O) groups is 4. The maximum Gasteiger partial charge on any atom is 0.352 e. The first-order chi connectivity index (χ1) is 17.2. The Balaban J connectivity index is 1.56. The number of H-pyrrole nitrogens is 1. The number of amides is 2. The van der Waals surface area contributed by atoms with Gasteiger partial charge in [-0.1, -0.05) is 43.0 Å². The van der Waals surface area contributed by atoms with Crippen molar-refractivity contribution in [3.05, 3.63) is 46.7 Å². The zero-order valence-corrected chi connectivity index (χ0v) is 20.6. The number of β-lactam (4-membered cyclic amide) rings is 1. The number of benzene rings is 1. The van der Waals surface area contributed by atoms with Crippen molar-refractivity contribution in [1.82, 2.24) is 30.8 Å². The molecule has 2 aliphatic rings. The van der Waals surface area contributed by atoms with Crippen LogP contribution in [0.15, 0.2) is 40.7 Å². The van der Waals surface area contributed by atoms with Gasteiger partial charge in [0.25, 0.3) is 5.91 Å². The van der Waals surface area contributed by atoms with Crippen LogP contribution in [0.4, 0.5) is 0 Å². The lowest BCUT2D eigenvalue weighted by Gasteiger charge is -2.50. The van der Waals surface area contributed by atoms with Gasteiger partial charge in [-0.05, 0) is 27.1 Å². The lowest BCUT2D eigenvalue weighted by atomic mass is 9.96. The Bertz CT molecular complexity index is 1220. The first kappa shape index (κ1) is 25.7. The summed E-state index contributed by atoms with van der Waals surface area (Å²) < 4.78 is 0. The van der Waals surface area contributed by atoms with Crippen LogP contribution >= 0.6 is 23.5 Å². The highest BCUT2D eigenvalue weighted by atomic mass is 32.2. The normalized spacial score (nSPS) is 20.8. The Hall–Kier alpha value is -3.43. The van der Waals surface area contributed by atoms with Crippen molar-refractivity contribution in [2.24, 2.45) is 11.7 Å². The van der Waals surface area contributed by atoms with E-state index in [-0.39, 0.29) is 41.1 Å². The fraction of sp³-hybridized carbons (Fsp3) is 0.381. The molecule has 2 aliphatic heterocycles. The maximum atomic E-state index is 13.0. The molecule has 13 nitrogen and oxygen atoms in total. The largest absolute Gasteiger partial charge is 0.481 e. The number of aromatic nitrogens is 4. The van der Waals surface area contributed by atoms with Crippen molar-refractivity contribution >= 4 is 47.3 Å². The van der Waals surface area contributed by atoms with Crippen LogP contribution in [0, 0.1) is 5.92 Å². The highest BCUT2D eigenvalue weighted by Gasteiger charge is 2.55. The number of hydrogen-bond acceptors (Lipinski definition) is 10. The molecule has 190 valence electrons. The number of carboxylic acids is 2. The Labute approximate surface area is 213 Å². The summed E-state index contributed by atoms with van der Waals surface area (Å²) in [6.07, 6.45) is 0.0292. The third-order valence-electron chi connectivity index (χ3n) is 5.96. The SMILES string of the molecule is CC(C(=O)O)C(Sc1nnn[nH]1)C1=C(C(=O)O)N2C(=O)C(NC(=O)Cc3ccccc3CN)[C@H]2SC1. The highest BCUT2D eigenvalue weighted by molar-refractivity contribution is 8.01. The third-order valence-corrected chi connectivity index (χ3v) is 8.60. The van der Waals surface area contributed by atoms with E-state index in [9.17, 15) is 29.4 Å². The number of nitrogens with zero attached hydrogens (tertiary/aromatic N) is 4. The topological polar surface area (TPSA) is 204 Å². The van der Waals surface area contributed by atoms with Crippen LogP contribution in [0.25, 0.3) is 0 Å². The van der Waals surface area contributed by atoms with Gasteiger partial charge in [-0.15, -0.1) is 16.9 Å². The molecule has 0 bridgehead atoms. The molecule has 15 heteroatoms. The molecule has 1 fully saturated rings. The quantitative estimate of drug-likeness (QED) is 0.199.